The highest BCUT2D eigenvalue weighted by Crippen LogP contribution is 2.38. The molecule has 6 aromatic rings. The van der Waals surface area contributed by atoms with Crippen LogP contribution in [0.5, 0.6) is 0 Å². The number of nitrogens with one attached hydrogen (secondary N) is 2. The van der Waals surface area contributed by atoms with E-state index in [4.69, 9.17) is 4.42 Å². The predicted octanol–water partition coefficient (Wildman–Crippen LogP) is 6.23. The van der Waals surface area contributed by atoms with Crippen LogP contribution in [-0.4, -0.2) is 24.5 Å². The highest BCUT2D eigenvalue weighted by atomic mass is 16.6. The van der Waals surface area contributed by atoms with Gasteiger partial charge in [0.1, 0.15) is 11.5 Å². The first-order valence-electron chi connectivity index (χ1n) is 13.7. The topological polar surface area (TPSA) is 132 Å². The molecular weight excluding hydrogens is 546 g/mol. The van der Waals surface area contributed by atoms with E-state index in [9.17, 15) is 19.7 Å². The van der Waals surface area contributed by atoms with Gasteiger partial charge in [0.05, 0.1) is 38.9 Å². The van der Waals surface area contributed by atoms with Crippen LogP contribution in [0.15, 0.2) is 98.9 Å². The van der Waals surface area contributed by atoms with Gasteiger partial charge in [0, 0.05) is 17.5 Å². The predicted molar refractivity (Wildman–Crippen MR) is 163 cm³/mol. The number of rotatable bonds is 7. The SMILES string of the molecule is Cc1cc(-c2ccc(C(c3c(C)[nH]n(-c4ccccc4)c3=O)c3c(C)[nH]n(-c4ccccc4)c3=O)o2)c([N+](=O)[O-])cc1C. The molecule has 0 saturated carbocycles. The van der Waals surface area contributed by atoms with Crippen LogP contribution in [0, 0.1) is 37.8 Å². The Morgan fingerprint density at radius 3 is 1.70 bits per heavy atom. The fourth-order valence-electron chi connectivity index (χ4n) is 5.55. The van der Waals surface area contributed by atoms with Gasteiger partial charge in [-0.15, -0.1) is 0 Å². The highest BCUT2D eigenvalue weighted by Gasteiger charge is 2.33. The number of H-pyrrole nitrogens is 2. The number of aryl methyl sites for hydroxylation is 4. The summed E-state index contributed by atoms with van der Waals surface area (Å²) in [5, 5.41) is 18.3. The largest absolute Gasteiger partial charge is 0.460 e. The summed E-state index contributed by atoms with van der Waals surface area (Å²) in [5.41, 5.74) is 4.26. The first kappa shape index (κ1) is 27.5. The van der Waals surface area contributed by atoms with Crippen LogP contribution >= 0.6 is 0 Å². The Morgan fingerprint density at radius 1 is 0.721 bits per heavy atom. The number of benzene rings is 3. The summed E-state index contributed by atoms with van der Waals surface area (Å²) >= 11 is 0. The first-order valence-corrected chi connectivity index (χ1v) is 13.7. The molecule has 0 amide bonds. The number of hydrogen-bond acceptors (Lipinski definition) is 5. The summed E-state index contributed by atoms with van der Waals surface area (Å²) in [6.07, 6.45) is 0. The van der Waals surface area contributed by atoms with E-state index < -0.39 is 10.8 Å². The van der Waals surface area contributed by atoms with Crippen molar-refractivity contribution in [2.24, 2.45) is 0 Å². The van der Waals surface area contributed by atoms with Crippen LogP contribution < -0.4 is 11.1 Å². The van der Waals surface area contributed by atoms with Gasteiger partial charge in [-0.25, -0.2) is 9.36 Å². The van der Waals surface area contributed by atoms with E-state index in [0.29, 0.717) is 45.2 Å². The lowest BCUT2D eigenvalue weighted by atomic mass is 9.89. The number of nitrogens with zero attached hydrogens (tertiary/aromatic N) is 3. The minimum atomic E-state index is -0.915. The summed E-state index contributed by atoms with van der Waals surface area (Å²) in [5.74, 6) is -0.342. The molecule has 0 radical (unpaired) electrons. The molecule has 0 spiro atoms. The third-order valence-corrected chi connectivity index (χ3v) is 7.83. The smallest absolute Gasteiger partial charge is 0.280 e. The molecule has 0 fully saturated rings. The molecule has 0 atom stereocenters. The zero-order chi connectivity index (χ0) is 30.4. The molecule has 0 aliphatic heterocycles. The lowest BCUT2D eigenvalue weighted by Gasteiger charge is -2.13. The molecule has 0 aliphatic carbocycles. The van der Waals surface area contributed by atoms with Crippen molar-refractivity contribution >= 4 is 5.69 Å². The molecule has 10 heteroatoms. The molecule has 0 unspecified atom stereocenters. The zero-order valence-electron chi connectivity index (χ0n) is 24.0. The Labute approximate surface area is 246 Å². The number of nitro benzene ring substituents is 1. The maximum absolute atomic E-state index is 14.1. The first-order chi connectivity index (χ1) is 20.7. The minimum Gasteiger partial charge on any atom is -0.460 e. The van der Waals surface area contributed by atoms with E-state index in [0.717, 1.165) is 11.1 Å². The molecule has 6 rings (SSSR count). The second-order valence-electron chi connectivity index (χ2n) is 10.6. The van der Waals surface area contributed by atoms with Crippen molar-refractivity contribution in [1.82, 2.24) is 19.6 Å². The molecule has 10 nitrogen and oxygen atoms in total. The van der Waals surface area contributed by atoms with Gasteiger partial charge in [-0.05, 0) is 81.3 Å². The average molecular weight is 576 g/mol. The van der Waals surface area contributed by atoms with Crippen molar-refractivity contribution in [2.45, 2.75) is 33.6 Å². The van der Waals surface area contributed by atoms with Crippen molar-refractivity contribution in [2.75, 3.05) is 0 Å². The monoisotopic (exact) mass is 575 g/mol. The van der Waals surface area contributed by atoms with Crippen LogP contribution in [0.25, 0.3) is 22.7 Å². The van der Waals surface area contributed by atoms with E-state index in [-0.39, 0.29) is 22.6 Å². The van der Waals surface area contributed by atoms with Crippen molar-refractivity contribution in [1.29, 1.82) is 0 Å². The number of hydrogen-bond donors (Lipinski definition) is 2. The van der Waals surface area contributed by atoms with Gasteiger partial charge in [-0.2, -0.15) is 0 Å². The summed E-state index contributed by atoms with van der Waals surface area (Å²) in [4.78, 5) is 39.6. The maximum atomic E-state index is 14.1. The quantitative estimate of drug-likeness (QED) is 0.172. The molecule has 3 heterocycles. The van der Waals surface area contributed by atoms with Crippen molar-refractivity contribution in [3.8, 4) is 22.7 Å². The molecule has 0 aliphatic rings. The molecule has 2 N–H and O–H groups in total. The summed E-state index contributed by atoms with van der Waals surface area (Å²) in [6, 6.07) is 24.9. The summed E-state index contributed by atoms with van der Waals surface area (Å²) in [7, 11) is 0. The van der Waals surface area contributed by atoms with Crippen LogP contribution in [0.1, 0.15) is 45.3 Å². The zero-order valence-corrected chi connectivity index (χ0v) is 24.0. The molecule has 216 valence electrons. The van der Waals surface area contributed by atoms with Crippen LogP contribution in [0.2, 0.25) is 0 Å². The van der Waals surface area contributed by atoms with Gasteiger partial charge in [-0.1, -0.05) is 36.4 Å². The van der Waals surface area contributed by atoms with Gasteiger partial charge >= 0.3 is 0 Å². The number of nitro groups is 1. The van der Waals surface area contributed by atoms with E-state index in [1.165, 1.54) is 15.4 Å². The number of furan rings is 1. The minimum absolute atomic E-state index is 0.0888. The molecule has 3 aromatic heterocycles. The second kappa shape index (κ2) is 10.6. The van der Waals surface area contributed by atoms with Crippen LogP contribution in [0.3, 0.4) is 0 Å². The van der Waals surface area contributed by atoms with Gasteiger partial charge in [0.15, 0.2) is 0 Å². The van der Waals surface area contributed by atoms with Crippen LogP contribution in [-0.2, 0) is 0 Å². The Bertz CT molecular complexity index is 2000. The summed E-state index contributed by atoms with van der Waals surface area (Å²) < 4.78 is 9.22. The molecule has 0 bridgehead atoms. The Hall–Kier alpha value is -5.64. The van der Waals surface area contributed by atoms with Gasteiger partial charge in [-0.3, -0.25) is 29.9 Å². The lowest BCUT2D eigenvalue weighted by molar-refractivity contribution is -0.384. The van der Waals surface area contributed by atoms with Gasteiger partial charge < -0.3 is 4.42 Å². The average Bonchev–Trinajstić information content (AvgIpc) is 3.68. The fourth-order valence-corrected chi connectivity index (χ4v) is 5.55. The maximum Gasteiger partial charge on any atom is 0.280 e. The van der Waals surface area contributed by atoms with E-state index in [1.54, 1.807) is 32.0 Å². The highest BCUT2D eigenvalue weighted by molar-refractivity contribution is 5.71. The Morgan fingerprint density at radius 2 is 1.21 bits per heavy atom. The Balaban J connectivity index is 1.60. The number of aromatic amines is 2. The van der Waals surface area contributed by atoms with Gasteiger partial charge in [0.2, 0.25) is 0 Å². The number of para-hydroxylation sites is 2. The molecular formula is C33H29N5O5. The third-order valence-electron chi connectivity index (χ3n) is 7.83. The van der Waals surface area contributed by atoms with Gasteiger partial charge in [0.25, 0.3) is 16.8 Å². The second-order valence-corrected chi connectivity index (χ2v) is 10.6. The third kappa shape index (κ3) is 4.72. The molecule has 43 heavy (non-hydrogen) atoms. The normalized spacial score (nSPS) is 11.4. The van der Waals surface area contributed by atoms with Crippen molar-refractivity contribution in [3.05, 3.63) is 155 Å². The van der Waals surface area contributed by atoms with Crippen molar-refractivity contribution < 1.29 is 9.34 Å². The standard InChI is InChI=1S/C33H29N5O5/c1-19-17-25(26(38(41)42)18-20(19)2)27-15-16-28(43-27)31(29-21(3)34-36(32(29)39)23-11-7-5-8-12-23)30-22(4)35-37(33(30)40)24-13-9-6-10-14-24/h5-18,31,34-35H,1-4H3. The van der Waals surface area contributed by atoms with E-state index in [1.807, 2.05) is 74.5 Å². The molecule has 3 aromatic carbocycles. The molecule has 0 saturated heterocycles. The van der Waals surface area contributed by atoms with Crippen LogP contribution in [0.4, 0.5) is 5.69 Å². The van der Waals surface area contributed by atoms with E-state index >= 15 is 0 Å². The lowest BCUT2D eigenvalue weighted by Crippen LogP contribution is -2.25. The summed E-state index contributed by atoms with van der Waals surface area (Å²) in [6.45, 7) is 7.24. The number of aromatic nitrogens is 4. The van der Waals surface area contributed by atoms with E-state index in [2.05, 4.69) is 10.2 Å². The Kier molecular flexibility index (Phi) is 6.81. The fraction of sp³-hybridized carbons (Fsp3) is 0.152. The van der Waals surface area contributed by atoms with Crippen molar-refractivity contribution in [3.63, 3.8) is 0 Å².